The maximum Gasteiger partial charge on any atom is 0.0626 e. The zero-order valence-corrected chi connectivity index (χ0v) is 20.0. The van der Waals surface area contributed by atoms with Crippen LogP contribution in [-0.4, -0.2) is 4.40 Å². The van der Waals surface area contributed by atoms with Crippen molar-refractivity contribution < 1.29 is 0 Å². The summed E-state index contributed by atoms with van der Waals surface area (Å²) in [5.41, 5.74) is 10.2. The second-order valence-electron chi connectivity index (χ2n) is 9.85. The van der Waals surface area contributed by atoms with Crippen LogP contribution in [0.2, 0.25) is 0 Å². The molecular weight excluding hydrogens is 434 g/mol. The summed E-state index contributed by atoms with van der Waals surface area (Å²) < 4.78 is 2.47. The maximum atomic E-state index is 2.47. The lowest BCUT2D eigenvalue weighted by atomic mass is 9.94. The van der Waals surface area contributed by atoms with E-state index in [2.05, 4.69) is 133 Å². The molecule has 0 atom stereocenters. The SMILES string of the molecule is Cc1ccc(-c2ccccc2)cc1-c1ccc2c(c1)c1cc3ccccc3c3c4ccccc4n2c13. The Labute approximate surface area is 209 Å². The van der Waals surface area contributed by atoms with E-state index < -0.39 is 0 Å². The molecule has 8 aromatic rings. The number of hydrogen-bond donors (Lipinski definition) is 0. The number of benzene rings is 6. The van der Waals surface area contributed by atoms with E-state index in [1.165, 1.54) is 76.7 Å². The van der Waals surface area contributed by atoms with Crippen LogP contribution in [0.5, 0.6) is 0 Å². The lowest BCUT2D eigenvalue weighted by Gasteiger charge is -2.10. The van der Waals surface area contributed by atoms with Crippen LogP contribution in [0.4, 0.5) is 0 Å². The van der Waals surface area contributed by atoms with E-state index in [0.717, 1.165) is 0 Å². The summed E-state index contributed by atoms with van der Waals surface area (Å²) in [6, 6.07) is 44.5. The Morgan fingerprint density at radius 2 is 1.19 bits per heavy atom. The van der Waals surface area contributed by atoms with Gasteiger partial charge in [-0.3, -0.25) is 0 Å². The first kappa shape index (κ1) is 19.7. The first-order chi connectivity index (χ1) is 17.8. The highest BCUT2D eigenvalue weighted by atomic mass is 14.9. The molecule has 0 aliphatic heterocycles. The standard InChI is InChI=1S/C35H23N/c1-22-15-16-24(23-9-3-2-4-10-23)19-29(22)26-17-18-33-30(20-26)31-21-25-11-5-6-12-27(25)34-28-13-7-8-14-32(28)36(33)35(31)34/h2-21H,1H3. The largest absolute Gasteiger partial charge is 0.308 e. The van der Waals surface area contributed by atoms with Crippen molar-refractivity contribution in [1.29, 1.82) is 0 Å². The highest BCUT2D eigenvalue weighted by Gasteiger charge is 2.20. The molecule has 0 amide bonds. The second-order valence-corrected chi connectivity index (χ2v) is 9.85. The minimum Gasteiger partial charge on any atom is -0.308 e. The van der Waals surface area contributed by atoms with Crippen LogP contribution < -0.4 is 0 Å². The number of hydrogen-bond acceptors (Lipinski definition) is 0. The third-order valence-electron chi connectivity index (χ3n) is 7.84. The van der Waals surface area contributed by atoms with Gasteiger partial charge < -0.3 is 4.40 Å². The fourth-order valence-corrected chi connectivity index (χ4v) is 6.16. The van der Waals surface area contributed by atoms with Crippen LogP contribution in [-0.2, 0) is 0 Å². The zero-order chi connectivity index (χ0) is 23.8. The molecule has 2 aromatic heterocycles. The molecule has 0 N–H and O–H groups in total. The van der Waals surface area contributed by atoms with Gasteiger partial charge in [0.05, 0.1) is 16.6 Å². The highest BCUT2D eigenvalue weighted by molar-refractivity contribution is 6.31. The summed E-state index contributed by atoms with van der Waals surface area (Å²) in [7, 11) is 0. The molecule has 36 heavy (non-hydrogen) atoms. The Morgan fingerprint density at radius 1 is 0.472 bits per heavy atom. The Kier molecular flexibility index (Phi) is 3.93. The van der Waals surface area contributed by atoms with Crippen LogP contribution in [0.15, 0.2) is 121 Å². The van der Waals surface area contributed by atoms with E-state index in [9.17, 15) is 0 Å². The van der Waals surface area contributed by atoms with Gasteiger partial charge in [0.25, 0.3) is 0 Å². The summed E-state index contributed by atoms with van der Waals surface area (Å²) >= 11 is 0. The molecule has 0 aliphatic rings. The lowest BCUT2D eigenvalue weighted by molar-refractivity contribution is 1.37. The zero-order valence-electron chi connectivity index (χ0n) is 20.0. The highest BCUT2D eigenvalue weighted by Crippen LogP contribution is 2.44. The minimum absolute atomic E-state index is 1.25. The van der Waals surface area contributed by atoms with Gasteiger partial charge in [-0.2, -0.15) is 0 Å². The molecule has 0 radical (unpaired) electrons. The van der Waals surface area contributed by atoms with Crippen LogP contribution in [0.3, 0.4) is 0 Å². The summed E-state index contributed by atoms with van der Waals surface area (Å²) in [5, 5.41) is 7.95. The number of nitrogens with zero attached hydrogens (tertiary/aromatic N) is 1. The van der Waals surface area contributed by atoms with Crippen molar-refractivity contribution >= 4 is 48.9 Å². The lowest BCUT2D eigenvalue weighted by Crippen LogP contribution is -1.87. The van der Waals surface area contributed by atoms with Crippen LogP contribution in [0.25, 0.3) is 71.1 Å². The predicted octanol–water partition coefficient (Wildman–Crippen LogP) is 9.63. The minimum atomic E-state index is 1.25. The fourth-order valence-electron chi connectivity index (χ4n) is 6.16. The van der Waals surface area contributed by atoms with E-state index >= 15 is 0 Å². The molecule has 8 rings (SSSR count). The molecular formula is C35H23N. The van der Waals surface area contributed by atoms with E-state index in [4.69, 9.17) is 0 Å². The van der Waals surface area contributed by atoms with Gasteiger partial charge >= 0.3 is 0 Å². The Balaban J connectivity index is 1.47. The van der Waals surface area contributed by atoms with E-state index in [0.29, 0.717) is 0 Å². The van der Waals surface area contributed by atoms with Crippen molar-refractivity contribution in [3.05, 3.63) is 127 Å². The number of rotatable bonds is 2. The van der Waals surface area contributed by atoms with Gasteiger partial charge in [-0.15, -0.1) is 0 Å². The van der Waals surface area contributed by atoms with Crippen molar-refractivity contribution in [2.45, 2.75) is 6.92 Å². The molecule has 2 heterocycles. The van der Waals surface area contributed by atoms with Gasteiger partial charge in [0, 0.05) is 21.5 Å². The fraction of sp³-hybridized carbons (Fsp3) is 0.0286. The van der Waals surface area contributed by atoms with Gasteiger partial charge in [-0.1, -0.05) is 91.0 Å². The summed E-state index contributed by atoms with van der Waals surface area (Å²) in [6.45, 7) is 2.21. The smallest absolute Gasteiger partial charge is 0.0626 e. The molecule has 0 fully saturated rings. The van der Waals surface area contributed by atoms with Crippen molar-refractivity contribution in [2.75, 3.05) is 0 Å². The van der Waals surface area contributed by atoms with Crippen molar-refractivity contribution in [2.24, 2.45) is 0 Å². The Morgan fingerprint density at radius 3 is 2.08 bits per heavy atom. The van der Waals surface area contributed by atoms with Crippen LogP contribution >= 0.6 is 0 Å². The summed E-state index contributed by atoms with van der Waals surface area (Å²) in [6.07, 6.45) is 0. The molecule has 168 valence electrons. The van der Waals surface area contributed by atoms with Gasteiger partial charge in [-0.05, 0) is 75.8 Å². The monoisotopic (exact) mass is 457 g/mol. The van der Waals surface area contributed by atoms with Crippen LogP contribution in [0.1, 0.15) is 5.56 Å². The number of aryl methyl sites for hydroxylation is 1. The molecule has 1 nitrogen and oxygen atoms in total. The van der Waals surface area contributed by atoms with Crippen molar-refractivity contribution in [3.63, 3.8) is 0 Å². The van der Waals surface area contributed by atoms with Crippen molar-refractivity contribution in [3.8, 4) is 22.3 Å². The maximum absolute atomic E-state index is 2.47. The number of fused-ring (bicyclic) bond motifs is 8. The molecule has 0 saturated carbocycles. The normalized spacial score (nSPS) is 12.0. The average molecular weight is 458 g/mol. The molecule has 0 aliphatic carbocycles. The van der Waals surface area contributed by atoms with Gasteiger partial charge in [0.2, 0.25) is 0 Å². The molecule has 1 heteroatoms. The molecule has 0 saturated heterocycles. The summed E-state index contributed by atoms with van der Waals surface area (Å²) in [4.78, 5) is 0. The average Bonchev–Trinajstić information content (AvgIpc) is 3.45. The third kappa shape index (κ3) is 2.60. The first-order valence-corrected chi connectivity index (χ1v) is 12.5. The van der Waals surface area contributed by atoms with E-state index in [-0.39, 0.29) is 0 Å². The topological polar surface area (TPSA) is 4.41 Å². The first-order valence-electron chi connectivity index (χ1n) is 12.5. The Hall–Kier alpha value is -4.62. The van der Waals surface area contributed by atoms with Crippen molar-refractivity contribution in [1.82, 2.24) is 4.40 Å². The van der Waals surface area contributed by atoms with Gasteiger partial charge in [-0.25, -0.2) is 0 Å². The number of aromatic nitrogens is 1. The van der Waals surface area contributed by atoms with E-state index in [1.807, 2.05) is 0 Å². The second kappa shape index (κ2) is 7.19. The third-order valence-corrected chi connectivity index (χ3v) is 7.84. The van der Waals surface area contributed by atoms with E-state index in [1.54, 1.807) is 0 Å². The quantitative estimate of drug-likeness (QED) is 0.243. The predicted molar refractivity (Wildman–Crippen MR) is 154 cm³/mol. The number of para-hydroxylation sites is 1. The van der Waals surface area contributed by atoms with Gasteiger partial charge in [0.1, 0.15) is 0 Å². The summed E-state index contributed by atoms with van der Waals surface area (Å²) in [5.74, 6) is 0. The molecule has 0 spiro atoms. The Bertz CT molecular complexity index is 2090. The van der Waals surface area contributed by atoms with Gasteiger partial charge in [0.15, 0.2) is 0 Å². The molecule has 0 unspecified atom stereocenters. The molecule has 0 bridgehead atoms. The van der Waals surface area contributed by atoms with Crippen LogP contribution in [0, 0.1) is 6.92 Å². The molecule has 6 aromatic carbocycles.